The summed E-state index contributed by atoms with van der Waals surface area (Å²) in [6.07, 6.45) is 0. The molecule has 0 aliphatic carbocycles. The van der Waals surface area contributed by atoms with Gasteiger partial charge in [-0.2, -0.15) is 4.31 Å². The number of aromatic nitrogens is 2. The minimum Gasteiger partial charge on any atom is -0.497 e. The first kappa shape index (κ1) is 17.8. The van der Waals surface area contributed by atoms with Gasteiger partial charge in [-0.25, -0.2) is 13.4 Å². The van der Waals surface area contributed by atoms with Gasteiger partial charge in [0.15, 0.2) is 0 Å². The minimum atomic E-state index is -3.54. The number of hydrogen-bond acceptors (Lipinski definition) is 5. The fraction of sp³-hybridized carbons (Fsp3) is 0.316. The molecule has 1 aromatic heterocycles. The van der Waals surface area contributed by atoms with Crippen molar-refractivity contribution in [1.82, 2.24) is 13.9 Å². The van der Waals surface area contributed by atoms with E-state index in [9.17, 15) is 8.42 Å². The van der Waals surface area contributed by atoms with Crippen LogP contribution in [0.25, 0.3) is 11.0 Å². The Morgan fingerprint density at radius 3 is 2.44 bits per heavy atom. The van der Waals surface area contributed by atoms with Crippen LogP contribution in [0.1, 0.15) is 0 Å². The largest absolute Gasteiger partial charge is 0.497 e. The lowest BCUT2D eigenvalue weighted by Gasteiger charge is -2.34. The average molecular weight is 386 g/mol. The van der Waals surface area contributed by atoms with E-state index in [0.717, 1.165) is 17.0 Å². The van der Waals surface area contributed by atoms with E-state index in [4.69, 9.17) is 9.72 Å². The van der Waals surface area contributed by atoms with Crippen molar-refractivity contribution in [3.8, 4) is 5.75 Å². The van der Waals surface area contributed by atoms with E-state index in [0.29, 0.717) is 31.9 Å². The lowest BCUT2D eigenvalue weighted by Crippen LogP contribution is -2.49. The van der Waals surface area contributed by atoms with Gasteiger partial charge in [0.1, 0.15) is 5.75 Å². The molecule has 0 radical (unpaired) electrons. The summed E-state index contributed by atoms with van der Waals surface area (Å²) in [4.78, 5) is 7.11. The smallest absolute Gasteiger partial charge is 0.243 e. The lowest BCUT2D eigenvalue weighted by atomic mass is 10.3. The highest BCUT2D eigenvalue weighted by molar-refractivity contribution is 7.89. The van der Waals surface area contributed by atoms with Gasteiger partial charge in [-0.1, -0.05) is 18.2 Å². The van der Waals surface area contributed by atoms with E-state index in [1.165, 1.54) is 11.4 Å². The van der Waals surface area contributed by atoms with Crippen molar-refractivity contribution >= 4 is 27.0 Å². The first-order valence-corrected chi connectivity index (χ1v) is 10.3. The van der Waals surface area contributed by atoms with Gasteiger partial charge in [0, 0.05) is 39.3 Å². The number of methoxy groups -OCH3 is 1. The molecule has 2 aromatic carbocycles. The number of anilines is 1. The lowest BCUT2D eigenvalue weighted by molar-refractivity contribution is 0.380. The van der Waals surface area contributed by atoms with E-state index in [-0.39, 0.29) is 4.90 Å². The molecule has 1 saturated heterocycles. The molecule has 2 heterocycles. The van der Waals surface area contributed by atoms with Crippen molar-refractivity contribution in [3.05, 3.63) is 48.5 Å². The molecule has 7 nitrogen and oxygen atoms in total. The summed E-state index contributed by atoms with van der Waals surface area (Å²) in [7, 11) is -0.0163. The molecule has 8 heteroatoms. The van der Waals surface area contributed by atoms with Gasteiger partial charge in [0.25, 0.3) is 0 Å². The van der Waals surface area contributed by atoms with Gasteiger partial charge >= 0.3 is 0 Å². The van der Waals surface area contributed by atoms with Crippen LogP contribution in [0.4, 0.5) is 5.95 Å². The quantitative estimate of drug-likeness (QED) is 0.687. The molecule has 142 valence electrons. The van der Waals surface area contributed by atoms with Crippen molar-refractivity contribution in [2.24, 2.45) is 7.05 Å². The van der Waals surface area contributed by atoms with Crippen LogP contribution in [0.2, 0.25) is 0 Å². The summed E-state index contributed by atoms with van der Waals surface area (Å²) in [5.41, 5.74) is 2.01. The second-order valence-corrected chi connectivity index (χ2v) is 8.47. The Bertz CT molecular complexity index is 1070. The molecule has 27 heavy (non-hydrogen) atoms. The Morgan fingerprint density at radius 2 is 1.74 bits per heavy atom. The van der Waals surface area contributed by atoms with Crippen LogP contribution >= 0.6 is 0 Å². The Morgan fingerprint density at radius 1 is 1.00 bits per heavy atom. The Labute approximate surface area is 158 Å². The van der Waals surface area contributed by atoms with Gasteiger partial charge in [0.2, 0.25) is 16.0 Å². The summed E-state index contributed by atoms with van der Waals surface area (Å²) in [5.74, 6) is 1.41. The molecule has 1 aliphatic heterocycles. The summed E-state index contributed by atoms with van der Waals surface area (Å²) >= 11 is 0. The van der Waals surface area contributed by atoms with E-state index < -0.39 is 10.0 Å². The first-order chi connectivity index (χ1) is 13.0. The maximum Gasteiger partial charge on any atom is 0.243 e. The van der Waals surface area contributed by atoms with Crippen LogP contribution < -0.4 is 9.64 Å². The Hall–Kier alpha value is -2.58. The van der Waals surface area contributed by atoms with E-state index in [1.807, 2.05) is 31.3 Å². The molecular formula is C19H22N4O3S. The average Bonchev–Trinajstić information content (AvgIpc) is 3.05. The van der Waals surface area contributed by atoms with Crippen LogP contribution in [-0.4, -0.2) is 55.6 Å². The van der Waals surface area contributed by atoms with Gasteiger partial charge in [-0.15, -0.1) is 0 Å². The highest BCUT2D eigenvalue weighted by atomic mass is 32.2. The highest BCUT2D eigenvalue weighted by Crippen LogP contribution is 2.25. The number of ether oxygens (including phenoxy) is 1. The maximum absolute atomic E-state index is 12.9. The molecule has 0 saturated carbocycles. The molecule has 1 aliphatic rings. The third-order valence-corrected chi connectivity index (χ3v) is 6.86. The number of benzene rings is 2. The molecule has 1 fully saturated rings. The van der Waals surface area contributed by atoms with Gasteiger partial charge in [-0.3, -0.25) is 0 Å². The predicted molar refractivity (Wildman–Crippen MR) is 105 cm³/mol. The maximum atomic E-state index is 12.9. The number of imidazole rings is 1. The second kappa shape index (κ2) is 6.86. The van der Waals surface area contributed by atoms with Gasteiger partial charge in [-0.05, 0) is 24.3 Å². The summed E-state index contributed by atoms with van der Waals surface area (Å²) < 4.78 is 34.6. The molecule has 0 atom stereocenters. The third kappa shape index (κ3) is 3.15. The van der Waals surface area contributed by atoms with Crippen molar-refractivity contribution in [2.75, 3.05) is 38.2 Å². The van der Waals surface area contributed by atoms with E-state index >= 15 is 0 Å². The summed E-state index contributed by atoms with van der Waals surface area (Å²) in [5, 5.41) is 0. The number of fused-ring (bicyclic) bond motifs is 1. The zero-order valence-electron chi connectivity index (χ0n) is 15.4. The Balaban J connectivity index is 1.53. The number of sulfonamides is 1. The zero-order valence-corrected chi connectivity index (χ0v) is 16.2. The summed E-state index contributed by atoms with van der Waals surface area (Å²) in [6, 6.07) is 14.6. The number of hydrogen-bond donors (Lipinski definition) is 0. The fourth-order valence-electron chi connectivity index (χ4n) is 3.45. The molecule has 0 amide bonds. The van der Waals surface area contributed by atoms with Crippen LogP contribution in [0, 0.1) is 0 Å². The van der Waals surface area contributed by atoms with Crippen LogP contribution in [0.15, 0.2) is 53.4 Å². The molecular weight excluding hydrogens is 364 g/mol. The number of rotatable bonds is 4. The Kier molecular flexibility index (Phi) is 4.53. The van der Waals surface area contributed by atoms with E-state index in [1.54, 1.807) is 24.3 Å². The molecule has 3 aromatic rings. The van der Waals surface area contributed by atoms with Crippen LogP contribution in [0.5, 0.6) is 5.75 Å². The minimum absolute atomic E-state index is 0.262. The number of aryl methyl sites for hydroxylation is 1. The number of piperazine rings is 1. The van der Waals surface area contributed by atoms with Crippen LogP contribution in [-0.2, 0) is 17.1 Å². The zero-order chi connectivity index (χ0) is 19.0. The fourth-order valence-corrected chi connectivity index (χ4v) is 4.91. The summed E-state index contributed by atoms with van der Waals surface area (Å²) in [6.45, 7) is 2.03. The first-order valence-electron chi connectivity index (χ1n) is 8.81. The number of nitrogens with zero attached hydrogens (tertiary/aromatic N) is 4. The monoisotopic (exact) mass is 386 g/mol. The van der Waals surface area contributed by atoms with Crippen molar-refractivity contribution in [1.29, 1.82) is 0 Å². The second-order valence-electron chi connectivity index (χ2n) is 6.53. The van der Waals surface area contributed by atoms with Crippen molar-refractivity contribution in [3.63, 3.8) is 0 Å². The van der Waals surface area contributed by atoms with Crippen molar-refractivity contribution in [2.45, 2.75) is 4.90 Å². The van der Waals surface area contributed by atoms with Crippen molar-refractivity contribution < 1.29 is 13.2 Å². The normalized spacial score (nSPS) is 16.0. The SMILES string of the molecule is COc1cccc(S(=O)(=O)N2CCN(c3nc4ccccc4n3C)CC2)c1. The molecule has 0 unspecified atom stereocenters. The highest BCUT2D eigenvalue weighted by Gasteiger charge is 2.30. The predicted octanol–water partition coefficient (Wildman–Crippen LogP) is 2.09. The van der Waals surface area contributed by atoms with Gasteiger partial charge < -0.3 is 14.2 Å². The topological polar surface area (TPSA) is 67.7 Å². The molecule has 0 N–H and O–H groups in total. The number of para-hydroxylation sites is 2. The molecule has 0 spiro atoms. The molecule has 4 rings (SSSR count). The third-order valence-electron chi connectivity index (χ3n) is 4.96. The van der Waals surface area contributed by atoms with Crippen LogP contribution in [0.3, 0.4) is 0 Å². The van der Waals surface area contributed by atoms with E-state index in [2.05, 4.69) is 9.47 Å². The van der Waals surface area contributed by atoms with Gasteiger partial charge in [0.05, 0.1) is 23.0 Å². The standard InChI is InChI=1S/C19H22N4O3S/c1-21-18-9-4-3-8-17(18)20-19(21)22-10-12-23(13-11-22)27(24,25)16-7-5-6-15(14-16)26-2/h3-9,14H,10-13H2,1-2H3. The molecule has 0 bridgehead atoms.